The molecule has 1 saturated carbocycles. The van der Waals surface area contributed by atoms with Crippen molar-refractivity contribution in [1.82, 2.24) is 0 Å². The van der Waals surface area contributed by atoms with Crippen LogP contribution in [0.25, 0.3) is 0 Å². The molecule has 18 heavy (non-hydrogen) atoms. The summed E-state index contributed by atoms with van der Waals surface area (Å²) < 4.78 is 0. The molecular weight excluding hydrogens is 289 g/mol. The molecule has 2 nitrogen and oxygen atoms in total. The lowest BCUT2D eigenvalue weighted by Crippen LogP contribution is -2.18. The van der Waals surface area contributed by atoms with Crippen LogP contribution in [0.1, 0.15) is 24.8 Å². The smallest absolute Gasteiger partial charge is 0.225 e. The van der Waals surface area contributed by atoms with Crippen LogP contribution in [-0.4, -0.2) is 11.7 Å². The molecule has 0 unspecified atom stereocenters. The molecule has 0 bridgehead atoms. The van der Waals surface area contributed by atoms with Gasteiger partial charge >= 0.3 is 0 Å². The molecule has 0 saturated heterocycles. The lowest BCUT2D eigenvalue weighted by Gasteiger charge is -2.14. The van der Waals surface area contributed by atoms with Gasteiger partial charge in [-0.25, -0.2) is 0 Å². The Kier molecular flexibility index (Phi) is 4.15. The van der Waals surface area contributed by atoms with Crippen molar-refractivity contribution in [2.45, 2.75) is 26.2 Å². The SMILES string of the molecule is Cc1ccc(Cl)c(NC(=O)CC2(CS)CC2)c1Cl. The van der Waals surface area contributed by atoms with Gasteiger partial charge in [-0.2, -0.15) is 12.6 Å². The first kappa shape index (κ1) is 14.0. The summed E-state index contributed by atoms with van der Waals surface area (Å²) in [6, 6.07) is 3.57. The van der Waals surface area contributed by atoms with Crippen LogP contribution in [-0.2, 0) is 4.79 Å². The highest BCUT2D eigenvalue weighted by Crippen LogP contribution is 2.49. The highest BCUT2D eigenvalue weighted by Gasteiger charge is 2.42. The Balaban J connectivity index is 2.10. The number of thiol groups is 1. The number of anilines is 1. The van der Waals surface area contributed by atoms with E-state index in [1.165, 1.54) is 0 Å². The largest absolute Gasteiger partial charge is 0.324 e. The van der Waals surface area contributed by atoms with E-state index < -0.39 is 0 Å². The number of aryl methyl sites for hydroxylation is 1. The van der Waals surface area contributed by atoms with E-state index in [1.54, 1.807) is 6.07 Å². The zero-order valence-electron chi connectivity index (χ0n) is 10.1. The second-order valence-corrected chi connectivity index (χ2v) is 6.04. The van der Waals surface area contributed by atoms with E-state index in [0.29, 0.717) is 22.2 Å². The topological polar surface area (TPSA) is 29.1 Å². The fourth-order valence-electron chi connectivity index (χ4n) is 1.86. The van der Waals surface area contributed by atoms with Crippen LogP contribution < -0.4 is 5.32 Å². The van der Waals surface area contributed by atoms with Gasteiger partial charge in [-0.15, -0.1) is 0 Å². The van der Waals surface area contributed by atoms with Gasteiger partial charge in [0.15, 0.2) is 0 Å². The van der Waals surface area contributed by atoms with Gasteiger partial charge in [-0.05, 0) is 42.6 Å². The van der Waals surface area contributed by atoms with Crippen LogP contribution >= 0.6 is 35.8 Å². The molecule has 1 aromatic rings. The molecule has 1 amide bonds. The monoisotopic (exact) mass is 303 g/mol. The van der Waals surface area contributed by atoms with Crippen molar-refractivity contribution in [3.8, 4) is 0 Å². The lowest BCUT2D eigenvalue weighted by molar-refractivity contribution is -0.117. The number of hydrogen-bond donors (Lipinski definition) is 2. The molecule has 5 heteroatoms. The average Bonchev–Trinajstić information content (AvgIpc) is 3.10. The summed E-state index contributed by atoms with van der Waals surface area (Å²) in [6.45, 7) is 1.88. The molecular formula is C13H15Cl2NOS. The van der Waals surface area contributed by atoms with Crippen molar-refractivity contribution in [3.63, 3.8) is 0 Å². The van der Waals surface area contributed by atoms with Crippen LogP contribution in [0.15, 0.2) is 12.1 Å². The second kappa shape index (κ2) is 5.32. The summed E-state index contributed by atoms with van der Waals surface area (Å²) in [5.74, 6) is 0.700. The normalized spacial score (nSPS) is 16.4. The Labute approximate surface area is 122 Å². The van der Waals surface area contributed by atoms with Crippen molar-refractivity contribution >= 4 is 47.4 Å². The Morgan fingerprint density at radius 1 is 1.44 bits per heavy atom. The van der Waals surface area contributed by atoms with E-state index in [4.69, 9.17) is 23.2 Å². The van der Waals surface area contributed by atoms with Crippen LogP contribution in [0.4, 0.5) is 5.69 Å². The summed E-state index contributed by atoms with van der Waals surface area (Å²) in [6.07, 6.45) is 2.62. The molecule has 0 spiro atoms. The summed E-state index contributed by atoms with van der Waals surface area (Å²) >= 11 is 16.5. The third kappa shape index (κ3) is 2.95. The highest BCUT2D eigenvalue weighted by molar-refractivity contribution is 7.80. The maximum absolute atomic E-state index is 12.0. The fraction of sp³-hybridized carbons (Fsp3) is 0.462. The van der Waals surface area contributed by atoms with E-state index in [-0.39, 0.29) is 11.3 Å². The predicted octanol–water partition coefficient (Wildman–Crippen LogP) is 4.34. The molecule has 1 aromatic carbocycles. The van der Waals surface area contributed by atoms with Crippen LogP contribution in [0.5, 0.6) is 0 Å². The summed E-state index contributed by atoms with van der Waals surface area (Å²) in [5, 5.41) is 3.79. The molecule has 0 aromatic heterocycles. The first-order valence-corrected chi connectivity index (χ1v) is 7.22. The standard InChI is InChI=1S/C13H15Cl2NOS/c1-8-2-3-9(14)12(11(8)15)16-10(17)6-13(7-18)4-5-13/h2-3,18H,4-7H2,1H3,(H,16,17). The van der Waals surface area contributed by atoms with Crippen molar-refractivity contribution in [2.24, 2.45) is 5.41 Å². The van der Waals surface area contributed by atoms with Gasteiger partial charge in [0, 0.05) is 6.42 Å². The van der Waals surface area contributed by atoms with E-state index in [1.807, 2.05) is 13.0 Å². The number of rotatable bonds is 4. The zero-order valence-corrected chi connectivity index (χ0v) is 12.5. The number of amides is 1. The molecule has 2 rings (SSSR count). The molecule has 0 aliphatic heterocycles. The Morgan fingerprint density at radius 3 is 2.67 bits per heavy atom. The summed E-state index contributed by atoms with van der Waals surface area (Å²) in [4.78, 5) is 12.0. The van der Waals surface area contributed by atoms with Gasteiger partial charge in [0.2, 0.25) is 5.91 Å². The predicted molar refractivity (Wildman–Crippen MR) is 80.0 cm³/mol. The summed E-state index contributed by atoms with van der Waals surface area (Å²) in [5.41, 5.74) is 1.50. The third-order valence-corrected chi connectivity index (χ3v) is 4.85. The van der Waals surface area contributed by atoms with Gasteiger partial charge in [0.1, 0.15) is 0 Å². The molecule has 0 radical (unpaired) electrons. The van der Waals surface area contributed by atoms with E-state index >= 15 is 0 Å². The van der Waals surface area contributed by atoms with Gasteiger partial charge < -0.3 is 5.32 Å². The molecule has 0 heterocycles. The first-order valence-electron chi connectivity index (χ1n) is 5.83. The minimum absolute atomic E-state index is 0.0454. The molecule has 1 aliphatic carbocycles. The van der Waals surface area contributed by atoms with Gasteiger partial charge in [-0.3, -0.25) is 4.79 Å². The minimum atomic E-state index is -0.0454. The average molecular weight is 304 g/mol. The molecule has 98 valence electrons. The molecule has 1 aliphatic rings. The first-order chi connectivity index (χ1) is 8.47. The van der Waals surface area contributed by atoms with E-state index in [9.17, 15) is 4.79 Å². The van der Waals surface area contributed by atoms with Crippen molar-refractivity contribution in [3.05, 3.63) is 27.7 Å². The zero-order chi connectivity index (χ0) is 13.3. The van der Waals surface area contributed by atoms with Crippen LogP contribution in [0.3, 0.4) is 0 Å². The third-order valence-electron chi connectivity index (χ3n) is 3.38. The minimum Gasteiger partial charge on any atom is -0.324 e. The number of carbonyl (C=O) groups excluding carboxylic acids is 1. The van der Waals surface area contributed by atoms with Gasteiger partial charge in [0.25, 0.3) is 0 Å². The Morgan fingerprint density at radius 2 is 2.11 bits per heavy atom. The van der Waals surface area contributed by atoms with Gasteiger partial charge in [-0.1, -0.05) is 29.3 Å². The van der Waals surface area contributed by atoms with Crippen molar-refractivity contribution in [1.29, 1.82) is 0 Å². The fourth-order valence-corrected chi connectivity index (χ4v) is 2.76. The van der Waals surface area contributed by atoms with Crippen LogP contribution in [0, 0.1) is 12.3 Å². The van der Waals surface area contributed by atoms with Crippen molar-refractivity contribution < 1.29 is 4.79 Å². The van der Waals surface area contributed by atoms with Crippen LogP contribution in [0.2, 0.25) is 10.0 Å². The Bertz CT molecular complexity index is 486. The molecule has 1 fully saturated rings. The van der Waals surface area contributed by atoms with Gasteiger partial charge in [0.05, 0.1) is 15.7 Å². The number of benzene rings is 1. The number of nitrogens with one attached hydrogen (secondary N) is 1. The number of hydrogen-bond acceptors (Lipinski definition) is 2. The second-order valence-electron chi connectivity index (χ2n) is 4.94. The number of carbonyl (C=O) groups is 1. The quantitative estimate of drug-likeness (QED) is 0.796. The molecule has 1 N–H and O–H groups in total. The maximum atomic E-state index is 12.0. The highest BCUT2D eigenvalue weighted by atomic mass is 35.5. The summed E-state index contributed by atoms with van der Waals surface area (Å²) in [7, 11) is 0. The van der Waals surface area contributed by atoms with E-state index in [2.05, 4.69) is 17.9 Å². The lowest BCUT2D eigenvalue weighted by atomic mass is 10.0. The molecule has 0 atom stereocenters. The van der Waals surface area contributed by atoms with E-state index in [0.717, 1.165) is 24.2 Å². The van der Waals surface area contributed by atoms with Crippen molar-refractivity contribution in [2.75, 3.05) is 11.1 Å². The number of halogens is 2. The Hall–Kier alpha value is -0.380. The maximum Gasteiger partial charge on any atom is 0.225 e.